The van der Waals surface area contributed by atoms with E-state index in [9.17, 15) is 14.4 Å². The molecule has 0 unspecified atom stereocenters. The molecule has 2 amide bonds. The smallest absolute Gasteiger partial charge is 0.326 e. The van der Waals surface area contributed by atoms with Crippen molar-refractivity contribution in [2.45, 2.75) is 45.1 Å². The molecular weight excluding hydrogens is 240 g/mol. The van der Waals surface area contributed by atoms with Crippen LogP contribution < -0.4 is 10.6 Å². The number of rotatable bonds is 9. The summed E-state index contributed by atoms with van der Waals surface area (Å²) in [6.45, 7) is 2.52. The van der Waals surface area contributed by atoms with Crippen LogP contribution >= 0.6 is 0 Å². The van der Waals surface area contributed by atoms with Crippen LogP contribution in [0.5, 0.6) is 0 Å². The second-order valence-electron chi connectivity index (χ2n) is 3.95. The Kier molecular flexibility index (Phi) is 8.34. The van der Waals surface area contributed by atoms with Gasteiger partial charge in [-0.25, -0.2) is 9.59 Å². The van der Waals surface area contributed by atoms with Crippen molar-refractivity contribution in [3.63, 3.8) is 0 Å². The molecule has 0 saturated carbocycles. The average molecular weight is 260 g/mol. The number of urea groups is 1. The summed E-state index contributed by atoms with van der Waals surface area (Å²) in [6, 6.07) is -2.06. The highest BCUT2D eigenvalue weighted by atomic mass is 16.4. The molecule has 4 N–H and O–H groups in total. The van der Waals surface area contributed by atoms with Crippen molar-refractivity contribution in [2.75, 3.05) is 6.54 Å². The number of hydrogen-bond acceptors (Lipinski definition) is 3. The van der Waals surface area contributed by atoms with E-state index in [1.54, 1.807) is 0 Å². The van der Waals surface area contributed by atoms with E-state index in [-0.39, 0.29) is 0 Å². The summed E-state index contributed by atoms with van der Waals surface area (Å²) >= 11 is 0. The summed E-state index contributed by atoms with van der Waals surface area (Å²) < 4.78 is 0. The third-order valence-corrected chi connectivity index (χ3v) is 2.30. The number of aliphatic carboxylic acids is 2. The molecular formula is C11H20N2O5. The minimum Gasteiger partial charge on any atom is -0.481 e. The van der Waals surface area contributed by atoms with Gasteiger partial charge in [-0.3, -0.25) is 4.79 Å². The van der Waals surface area contributed by atoms with E-state index in [0.717, 1.165) is 25.7 Å². The molecule has 0 aliphatic heterocycles. The quantitative estimate of drug-likeness (QED) is 0.457. The first-order valence-electron chi connectivity index (χ1n) is 5.96. The van der Waals surface area contributed by atoms with Gasteiger partial charge in [0.05, 0.1) is 6.42 Å². The number of unbranched alkanes of at least 4 members (excludes halogenated alkanes) is 3. The van der Waals surface area contributed by atoms with E-state index in [1.165, 1.54) is 0 Å². The Hall–Kier alpha value is -1.79. The van der Waals surface area contributed by atoms with E-state index < -0.39 is 30.4 Å². The molecule has 0 heterocycles. The van der Waals surface area contributed by atoms with Crippen molar-refractivity contribution < 1.29 is 24.6 Å². The largest absolute Gasteiger partial charge is 0.481 e. The Bertz CT molecular complexity index is 293. The minimum atomic E-state index is -1.40. The number of carbonyl (C=O) groups excluding carboxylic acids is 1. The third kappa shape index (κ3) is 8.37. The van der Waals surface area contributed by atoms with Crippen LogP contribution in [0.15, 0.2) is 0 Å². The van der Waals surface area contributed by atoms with Gasteiger partial charge < -0.3 is 20.8 Å². The number of carboxylic acid groups (broad SMARTS) is 2. The molecule has 0 radical (unpaired) electrons. The molecule has 18 heavy (non-hydrogen) atoms. The van der Waals surface area contributed by atoms with Crippen LogP contribution in [-0.2, 0) is 9.59 Å². The molecule has 0 aliphatic rings. The molecule has 7 heteroatoms. The Morgan fingerprint density at radius 1 is 1.11 bits per heavy atom. The van der Waals surface area contributed by atoms with Crippen molar-refractivity contribution in [2.24, 2.45) is 0 Å². The zero-order valence-corrected chi connectivity index (χ0v) is 10.4. The third-order valence-electron chi connectivity index (χ3n) is 2.30. The summed E-state index contributed by atoms with van der Waals surface area (Å²) in [5.41, 5.74) is 0. The molecule has 7 nitrogen and oxygen atoms in total. The van der Waals surface area contributed by atoms with Gasteiger partial charge in [-0.2, -0.15) is 0 Å². The molecule has 0 saturated heterocycles. The van der Waals surface area contributed by atoms with Crippen molar-refractivity contribution in [3.8, 4) is 0 Å². The number of carboxylic acids is 2. The van der Waals surface area contributed by atoms with Crippen LogP contribution in [0, 0.1) is 0 Å². The molecule has 0 fully saturated rings. The van der Waals surface area contributed by atoms with E-state index in [0.29, 0.717) is 6.54 Å². The highest BCUT2D eigenvalue weighted by molar-refractivity contribution is 5.86. The molecule has 0 spiro atoms. The Balaban J connectivity index is 3.88. The predicted molar refractivity (Wildman–Crippen MR) is 64.4 cm³/mol. The monoisotopic (exact) mass is 260 g/mol. The first-order chi connectivity index (χ1) is 8.47. The maximum Gasteiger partial charge on any atom is 0.326 e. The Morgan fingerprint density at radius 3 is 2.28 bits per heavy atom. The normalized spacial score (nSPS) is 11.6. The minimum absolute atomic E-state index is 0.450. The van der Waals surface area contributed by atoms with Crippen LogP contribution in [0.2, 0.25) is 0 Å². The zero-order chi connectivity index (χ0) is 14.0. The lowest BCUT2D eigenvalue weighted by Gasteiger charge is -2.13. The van der Waals surface area contributed by atoms with Crippen LogP contribution in [0.4, 0.5) is 4.79 Å². The standard InChI is InChI=1S/C11H20N2O5/c1-2-3-4-5-6-12-11(18)13-8(10(16)17)7-9(14)15/h8H,2-7H2,1H3,(H,14,15)(H,16,17)(H2,12,13,18)/t8-/m1/s1. The average Bonchev–Trinajstić information content (AvgIpc) is 2.27. The highest BCUT2D eigenvalue weighted by Gasteiger charge is 2.22. The van der Waals surface area contributed by atoms with Gasteiger partial charge in [-0.1, -0.05) is 26.2 Å². The maximum atomic E-state index is 11.3. The van der Waals surface area contributed by atoms with E-state index >= 15 is 0 Å². The van der Waals surface area contributed by atoms with Crippen molar-refractivity contribution in [1.82, 2.24) is 10.6 Å². The Labute approximate surface area is 106 Å². The molecule has 0 aliphatic carbocycles. The van der Waals surface area contributed by atoms with Crippen molar-refractivity contribution in [3.05, 3.63) is 0 Å². The predicted octanol–water partition coefficient (Wildman–Crippen LogP) is 0.794. The van der Waals surface area contributed by atoms with E-state index in [2.05, 4.69) is 17.6 Å². The fourth-order valence-electron chi connectivity index (χ4n) is 1.34. The van der Waals surface area contributed by atoms with Crippen molar-refractivity contribution in [1.29, 1.82) is 0 Å². The fourth-order valence-corrected chi connectivity index (χ4v) is 1.34. The van der Waals surface area contributed by atoms with Gasteiger partial charge in [-0.05, 0) is 6.42 Å². The van der Waals surface area contributed by atoms with Gasteiger partial charge in [-0.15, -0.1) is 0 Å². The van der Waals surface area contributed by atoms with E-state index in [4.69, 9.17) is 10.2 Å². The van der Waals surface area contributed by atoms with Crippen LogP contribution in [0.3, 0.4) is 0 Å². The van der Waals surface area contributed by atoms with Crippen LogP contribution in [-0.4, -0.2) is 40.8 Å². The lowest BCUT2D eigenvalue weighted by molar-refractivity contribution is -0.145. The number of hydrogen-bond donors (Lipinski definition) is 4. The second-order valence-corrected chi connectivity index (χ2v) is 3.95. The van der Waals surface area contributed by atoms with Gasteiger partial charge in [0, 0.05) is 6.54 Å². The van der Waals surface area contributed by atoms with E-state index in [1.807, 2.05) is 0 Å². The fraction of sp³-hybridized carbons (Fsp3) is 0.727. The lowest BCUT2D eigenvalue weighted by atomic mass is 10.2. The molecule has 0 aromatic carbocycles. The lowest BCUT2D eigenvalue weighted by Crippen LogP contribution is -2.47. The maximum absolute atomic E-state index is 11.3. The number of nitrogens with one attached hydrogen (secondary N) is 2. The zero-order valence-electron chi connectivity index (χ0n) is 10.4. The van der Waals surface area contributed by atoms with Gasteiger partial charge in [0.2, 0.25) is 0 Å². The summed E-state index contributed by atoms with van der Waals surface area (Å²) in [4.78, 5) is 32.4. The van der Waals surface area contributed by atoms with Crippen LogP contribution in [0.1, 0.15) is 39.0 Å². The first-order valence-corrected chi connectivity index (χ1v) is 5.96. The van der Waals surface area contributed by atoms with Gasteiger partial charge in [0.15, 0.2) is 0 Å². The van der Waals surface area contributed by atoms with Gasteiger partial charge in [0.25, 0.3) is 0 Å². The summed E-state index contributed by atoms with van der Waals surface area (Å²) in [7, 11) is 0. The molecule has 0 rings (SSSR count). The number of carbonyl (C=O) groups is 3. The molecule has 1 atom stereocenters. The molecule has 0 bridgehead atoms. The van der Waals surface area contributed by atoms with Crippen molar-refractivity contribution >= 4 is 18.0 Å². The van der Waals surface area contributed by atoms with Crippen LogP contribution in [0.25, 0.3) is 0 Å². The SMILES string of the molecule is CCCCCCNC(=O)N[C@H](CC(=O)O)C(=O)O. The summed E-state index contributed by atoms with van der Waals surface area (Å²) in [6.07, 6.45) is 3.34. The molecule has 0 aromatic rings. The summed E-state index contributed by atoms with van der Waals surface area (Å²) in [5, 5.41) is 21.8. The molecule has 0 aromatic heterocycles. The van der Waals surface area contributed by atoms with Gasteiger partial charge >= 0.3 is 18.0 Å². The van der Waals surface area contributed by atoms with Gasteiger partial charge in [0.1, 0.15) is 6.04 Å². The highest BCUT2D eigenvalue weighted by Crippen LogP contribution is 1.97. The Morgan fingerprint density at radius 2 is 1.78 bits per heavy atom. The summed E-state index contributed by atoms with van der Waals surface area (Å²) in [5.74, 6) is -2.64. The topological polar surface area (TPSA) is 116 Å². The molecule has 104 valence electrons. The first kappa shape index (κ1) is 16.2. The number of amides is 2. The second kappa shape index (κ2) is 9.26.